The van der Waals surface area contributed by atoms with Crippen LogP contribution in [0, 0.1) is 10.1 Å². The van der Waals surface area contributed by atoms with Crippen molar-refractivity contribution in [1.82, 2.24) is 0 Å². The van der Waals surface area contributed by atoms with E-state index in [1.165, 1.54) is 0 Å². The molecule has 1 rings (SSSR count). The first-order valence-electron chi connectivity index (χ1n) is 8.74. The zero-order valence-electron chi connectivity index (χ0n) is 14.4. The largest absolute Gasteiger partial charge is 0.698 e. The van der Waals surface area contributed by atoms with Crippen molar-refractivity contribution < 1.29 is 23.6 Å². The molecule has 2 atom stereocenters. The molecule has 0 spiro atoms. The Labute approximate surface area is 149 Å². The summed E-state index contributed by atoms with van der Waals surface area (Å²) < 4.78 is 21.4. The number of hydrogen-bond donors (Lipinski definition) is 1. The van der Waals surface area contributed by atoms with Crippen LogP contribution in [-0.4, -0.2) is 22.7 Å². The number of hydrogen-bond acceptors (Lipinski definition) is 5. The molecular weight excluding hydrogens is 345 g/mol. The van der Waals surface area contributed by atoms with E-state index in [1.54, 1.807) is 12.1 Å². The first kappa shape index (κ1) is 21.5. The third kappa shape index (κ3) is 12.5. The average Bonchev–Trinajstić information content (AvgIpc) is 2.56. The molecule has 7 nitrogen and oxygen atoms in total. The van der Waals surface area contributed by atoms with Gasteiger partial charge in [-0.2, -0.15) is 0 Å². The van der Waals surface area contributed by atoms with Crippen LogP contribution in [0.2, 0.25) is 0 Å². The number of para-hydroxylation sites is 1. The lowest BCUT2D eigenvalue weighted by atomic mass is 10.1. The van der Waals surface area contributed by atoms with Crippen molar-refractivity contribution >= 4 is 8.25 Å². The Morgan fingerprint density at radius 1 is 1.00 bits per heavy atom. The molecule has 8 heteroatoms. The quantitative estimate of drug-likeness (QED) is 0.155. The maximum Gasteiger partial charge on any atom is 0.698 e. The molecule has 0 amide bonds. The second-order valence-electron chi connectivity index (χ2n) is 5.88. The minimum atomic E-state index is -2.70. The van der Waals surface area contributed by atoms with E-state index in [2.05, 4.69) is 0 Å². The third-order valence-electron chi connectivity index (χ3n) is 3.75. The molecule has 0 aliphatic heterocycles. The van der Waals surface area contributed by atoms with Crippen molar-refractivity contribution in [2.75, 3.05) is 6.54 Å². The highest BCUT2D eigenvalue weighted by Crippen LogP contribution is 2.24. The summed E-state index contributed by atoms with van der Waals surface area (Å²) >= 11 is 0. The molecule has 1 aromatic rings. The first-order chi connectivity index (χ1) is 12.1. The van der Waals surface area contributed by atoms with Gasteiger partial charge in [-0.15, -0.1) is 4.89 Å². The highest BCUT2D eigenvalue weighted by molar-refractivity contribution is 7.32. The number of benzene rings is 1. The minimum absolute atomic E-state index is 0.0654. The van der Waals surface area contributed by atoms with Gasteiger partial charge < -0.3 is 4.74 Å². The van der Waals surface area contributed by atoms with Gasteiger partial charge >= 0.3 is 8.25 Å². The van der Waals surface area contributed by atoms with Gasteiger partial charge in [0.1, 0.15) is 5.75 Å². The Bertz CT molecular complexity index is 499. The molecule has 25 heavy (non-hydrogen) atoms. The second-order valence-corrected chi connectivity index (χ2v) is 6.56. The van der Waals surface area contributed by atoms with Gasteiger partial charge in [0.05, 0.1) is 0 Å². The van der Waals surface area contributed by atoms with Gasteiger partial charge in [-0.25, -0.2) is 0 Å². The van der Waals surface area contributed by atoms with Gasteiger partial charge in [0.25, 0.3) is 6.29 Å². The molecule has 1 aromatic carbocycles. The van der Waals surface area contributed by atoms with Crippen molar-refractivity contribution in [2.45, 2.75) is 64.1 Å². The van der Waals surface area contributed by atoms with Crippen molar-refractivity contribution in [3.8, 4) is 5.75 Å². The molecule has 140 valence electrons. The van der Waals surface area contributed by atoms with E-state index in [4.69, 9.17) is 14.2 Å². The number of nitro groups is 1. The van der Waals surface area contributed by atoms with Crippen LogP contribution in [0.3, 0.4) is 0 Å². The molecule has 0 heterocycles. The van der Waals surface area contributed by atoms with Crippen LogP contribution in [0.15, 0.2) is 30.3 Å². The summed E-state index contributed by atoms with van der Waals surface area (Å²) in [6, 6.07) is 9.08. The topological polar surface area (TPSA) is 98.9 Å². The molecule has 0 fully saturated rings. The fourth-order valence-electron chi connectivity index (χ4n) is 2.50. The lowest BCUT2D eigenvalue weighted by molar-refractivity contribution is -0.480. The van der Waals surface area contributed by atoms with E-state index in [0.29, 0.717) is 18.6 Å². The van der Waals surface area contributed by atoms with Gasteiger partial charge in [-0.3, -0.25) is 10.1 Å². The number of ether oxygens (including phenoxy) is 1. The Hall–Kier alpha value is -1.56. The smallest absolute Gasteiger partial charge is 0.460 e. The van der Waals surface area contributed by atoms with Crippen LogP contribution in [0.25, 0.3) is 0 Å². The maximum absolute atomic E-state index is 10.9. The minimum Gasteiger partial charge on any atom is -0.460 e. The van der Waals surface area contributed by atoms with Crippen molar-refractivity contribution in [1.29, 1.82) is 0 Å². The molecule has 0 bridgehead atoms. The molecule has 0 saturated carbocycles. The molecule has 0 radical (unpaired) electrons. The van der Waals surface area contributed by atoms with Gasteiger partial charge in [0.15, 0.2) is 0 Å². The number of rotatable bonds is 15. The van der Waals surface area contributed by atoms with Crippen LogP contribution in [0.1, 0.15) is 57.8 Å². The highest BCUT2D eigenvalue weighted by atomic mass is 31.1. The van der Waals surface area contributed by atoms with E-state index in [1.807, 2.05) is 18.2 Å². The van der Waals surface area contributed by atoms with Gasteiger partial charge in [-0.05, 0) is 25.0 Å². The van der Waals surface area contributed by atoms with Crippen LogP contribution < -0.4 is 4.74 Å². The molecule has 2 unspecified atom stereocenters. The Balaban J connectivity index is 2.09. The SMILES string of the molecule is O=[N+]([O-])CCCCCCCCCCC(Oc1ccccc1)O[P+](=O)O. The van der Waals surface area contributed by atoms with Gasteiger partial charge in [0.2, 0.25) is 6.54 Å². The summed E-state index contributed by atoms with van der Waals surface area (Å²) in [5, 5.41) is 10.2. The standard InChI is InChI=1S/C17H26NO6P/c19-18(20)15-11-6-4-2-1-3-5-10-14-17(24-25(21)22)23-16-12-8-7-9-13-16/h7-9,12-13,17H,1-6,10-11,14-15H2/p+1. The number of nitrogens with zero attached hydrogens (tertiary/aromatic N) is 1. The van der Waals surface area contributed by atoms with Crippen molar-refractivity contribution in [3.05, 3.63) is 40.4 Å². The van der Waals surface area contributed by atoms with Crippen LogP contribution in [0.5, 0.6) is 5.75 Å². The zero-order chi connectivity index (χ0) is 18.3. The van der Waals surface area contributed by atoms with Gasteiger partial charge in [0, 0.05) is 22.3 Å². The zero-order valence-corrected chi connectivity index (χ0v) is 15.3. The lowest BCUT2D eigenvalue weighted by Gasteiger charge is -2.13. The van der Waals surface area contributed by atoms with E-state index in [9.17, 15) is 14.7 Å². The molecule has 0 aliphatic carbocycles. The van der Waals surface area contributed by atoms with E-state index >= 15 is 0 Å². The monoisotopic (exact) mass is 372 g/mol. The van der Waals surface area contributed by atoms with Crippen molar-refractivity contribution in [2.24, 2.45) is 0 Å². The van der Waals surface area contributed by atoms with E-state index in [0.717, 1.165) is 44.9 Å². The molecule has 0 aliphatic rings. The molecule has 1 N–H and O–H groups in total. The Morgan fingerprint density at radius 2 is 1.56 bits per heavy atom. The summed E-state index contributed by atoms with van der Waals surface area (Å²) in [5.41, 5.74) is 0. The fourth-order valence-corrected chi connectivity index (χ4v) is 2.85. The predicted molar refractivity (Wildman–Crippen MR) is 95.2 cm³/mol. The Kier molecular flexibility index (Phi) is 11.8. The summed E-state index contributed by atoms with van der Waals surface area (Å²) in [4.78, 5) is 18.9. The second kappa shape index (κ2) is 13.7. The molecule has 0 aromatic heterocycles. The van der Waals surface area contributed by atoms with Crippen molar-refractivity contribution in [3.63, 3.8) is 0 Å². The fraction of sp³-hybridized carbons (Fsp3) is 0.647. The van der Waals surface area contributed by atoms with E-state index in [-0.39, 0.29) is 11.5 Å². The van der Waals surface area contributed by atoms with Crippen LogP contribution >= 0.6 is 8.25 Å². The number of unbranched alkanes of at least 4 members (excludes halogenated alkanes) is 7. The lowest BCUT2D eigenvalue weighted by Crippen LogP contribution is -2.17. The van der Waals surface area contributed by atoms with Crippen LogP contribution in [-0.2, 0) is 9.09 Å². The summed E-state index contributed by atoms with van der Waals surface area (Å²) in [7, 11) is -2.70. The molecule has 0 saturated heterocycles. The van der Waals surface area contributed by atoms with Crippen LogP contribution in [0.4, 0.5) is 0 Å². The highest BCUT2D eigenvalue weighted by Gasteiger charge is 2.24. The predicted octanol–water partition coefficient (Wildman–Crippen LogP) is 4.85. The van der Waals surface area contributed by atoms with Gasteiger partial charge in [-0.1, -0.05) is 54.8 Å². The summed E-state index contributed by atoms with van der Waals surface area (Å²) in [5.74, 6) is 0.610. The first-order valence-corrected chi connectivity index (χ1v) is 9.87. The summed E-state index contributed by atoms with van der Waals surface area (Å²) in [6.07, 6.45) is 7.51. The van der Waals surface area contributed by atoms with E-state index < -0.39 is 14.5 Å². The average molecular weight is 372 g/mol. The maximum atomic E-state index is 10.9. The molecular formula is C17H27NO6P+. The normalized spacial score (nSPS) is 12.6. The Morgan fingerprint density at radius 3 is 2.12 bits per heavy atom. The third-order valence-corrected chi connectivity index (χ3v) is 4.16. The summed E-state index contributed by atoms with van der Waals surface area (Å²) in [6.45, 7) is 0.0654.